The van der Waals surface area contributed by atoms with Crippen molar-refractivity contribution in [2.24, 2.45) is 5.92 Å². The maximum Gasteiger partial charge on any atom is 0.227 e. The van der Waals surface area contributed by atoms with E-state index < -0.39 is 5.82 Å². The second kappa shape index (κ2) is 8.60. The highest BCUT2D eigenvalue weighted by molar-refractivity contribution is 5.94. The van der Waals surface area contributed by atoms with Crippen molar-refractivity contribution in [3.63, 3.8) is 0 Å². The van der Waals surface area contributed by atoms with Crippen LogP contribution in [0.25, 0.3) is 34.0 Å². The zero-order valence-electron chi connectivity index (χ0n) is 19.8. The van der Waals surface area contributed by atoms with Crippen molar-refractivity contribution in [3.05, 3.63) is 78.6 Å². The van der Waals surface area contributed by atoms with Crippen LogP contribution < -0.4 is 10.1 Å². The van der Waals surface area contributed by atoms with Gasteiger partial charge in [-0.25, -0.2) is 9.37 Å². The number of aromatic nitrogens is 5. The van der Waals surface area contributed by atoms with Crippen LogP contribution in [0.3, 0.4) is 0 Å². The van der Waals surface area contributed by atoms with Crippen LogP contribution in [0.15, 0.2) is 67.3 Å². The Hall–Kier alpha value is -4.53. The molecule has 0 saturated heterocycles. The summed E-state index contributed by atoms with van der Waals surface area (Å²) >= 11 is 0. The summed E-state index contributed by atoms with van der Waals surface area (Å²) in [7, 11) is 1.43. The molecule has 5 aromatic rings. The zero-order chi connectivity index (χ0) is 24.8. The predicted octanol–water partition coefficient (Wildman–Crippen LogP) is 5.05. The molecule has 0 bridgehead atoms. The number of halogens is 1. The molecule has 2 aromatic carbocycles. The van der Waals surface area contributed by atoms with Gasteiger partial charge < -0.3 is 10.1 Å². The Balaban J connectivity index is 1.38. The van der Waals surface area contributed by atoms with Gasteiger partial charge >= 0.3 is 0 Å². The molecule has 0 atom stereocenters. The summed E-state index contributed by atoms with van der Waals surface area (Å²) in [6.07, 6.45) is 7.32. The highest BCUT2D eigenvalue weighted by Gasteiger charge is 2.29. The van der Waals surface area contributed by atoms with Gasteiger partial charge in [0.2, 0.25) is 5.91 Å². The monoisotopic (exact) mass is 482 g/mol. The van der Waals surface area contributed by atoms with E-state index in [9.17, 15) is 9.18 Å². The summed E-state index contributed by atoms with van der Waals surface area (Å²) in [6.45, 7) is 1.99. The van der Waals surface area contributed by atoms with Gasteiger partial charge in [-0.1, -0.05) is 12.1 Å². The summed E-state index contributed by atoms with van der Waals surface area (Å²) in [6, 6.07) is 14.4. The van der Waals surface area contributed by atoms with E-state index in [0.29, 0.717) is 11.5 Å². The molecule has 9 heteroatoms. The fourth-order valence-electron chi connectivity index (χ4n) is 4.33. The molecule has 0 radical (unpaired) electrons. The lowest BCUT2D eigenvalue weighted by Gasteiger charge is -2.11. The Morgan fingerprint density at radius 1 is 1.11 bits per heavy atom. The van der Waals surface area contributed by atoms with Gasteiger partial charge in [0.15, 0.2) is 17.4 Å². The van der Waals surface area contributed by atoms with Gasteiger partial charge in [-0.15, -0.1) is 10.2 Å². The van der Waals surface area contributed by atoms with Crippen molar-refractivity contribution in [3.8, 4) is 34.1 Å². The lowest BCUT2D eigenvalue weighted by molar-refractivity contribution is -0.117. The first kappa shape index (κ1) is 22.0. The third kappa shape index (κ3) is 3.88. The minimum atomic E-state index is -0.436. The molecule has 3 heterocycles. The normalized spacial score (nSPS) is 13.2. The van der Waals surface area contributed by atoms with Crippen LogP contribution in [0.2, 0.25) is 0 Å². The third-order valence-electron chi connectivity index (χ3n) is 6.40. The fraction of sp³-hybridized carbons (Fsp3) is 0.185. The number of benzene rings is 2. The number of pyridine rings is 1. The number of carbonyl (C=O) groups excluding carboxylic acids is 1. The molecular weight excluding hydrogens is 459 g/mol. The molecular formula is C27H23FN6O2. The lowest BCUT2D eigenvalue weighted by atomic mass is 10.1. The number of imidazole rings is 1. The SMILES string of the molecule is COc1cc(-n2cnnc2-c2cc(C)c3ncc(-c4ccc(NC(=O)C5CC5)cc4)n3c2)ccc1F. The predicted molar refractivity (Wildman–Crippen MR) is 134 cm³/mol. The number of methoxy groups -OCH3 is 1. The van der Waals surface area contributed by atoms with Gasteiger partial charge in [0.1, 0.15) is 12.0 Å². The van der Waals surface area contributed by atoms with Crippen LogP contribution in [0, 0.1) is 18.7 Å². The Bertz CT molecular complexity index is 1600. The van der Waals surface area contributed by atoms with Gasteiger partial charge in [-0.2, -0.15) is 0 Å². The molecule has 0 spiro atoms. The molecule has 1 saturated carbocycles. The first-order valence-electron chi connectivity index (χ1n) is 11.6. The van der Waals surface area contributed by atoms with E-state index in [1.54, 1.807) is 23.0 Å². The van der Waals surface area contributed by atoms with Gasteiger partial charge in [-0.3, -0.25) is 13.8 Å². The number of nitrogens with zero attached hydrogens (tertiary/aromatic N) is 5. The molecule has 1 amide bonds. The summed E-state index contributed by atoms with van der Waals surface area (Å²) in [5.74, 6) is 0.553. The van der Waals surface area contributed by atoms with E-state index in [-0.39, 0.29) is 17.6 Å². The number of nitrogens with one attached hydrogen (secondary N) is 1. The van der Waals surface area contributed by atoms with Crippen LogP contribution in [0.4, 0.5) is 10.1 Å². The summed E-state index contributed by atoms with van der Waals surface area (Å²) < 4.78 is 22.9. The fourth-order valence-corrected chi connectivity index (χ4v) is 4.33. The number of anilines is 1. The minimum Gasteiger partial charge on any atom is -0.494 e. The number of hydrogen-bond donors (Lipinski definition) is 1. The Morgan fingerprint density at radius 2 is 1.92 bits per heavy atom. The molecule has 1 fully saturated rings. The van der Waals surface area contributed by atoms with Gasteiger partial charge in [-0.05, 0) is 55.7 Å². The molecule has 1 N–H and O–H groups in total. The van der Waals surface area contributed by atoms with Crippen LogP contribution in [-0.2, 0) is 4.79 Å². The standard InChI is InChI=1S/C27H23FN6O2/c1-16-11-19(26-32-30-15-34(26)21-9-10-22(28)24(12-21)36-2)14-33-23(13-29-25(16)33)17-5-7-20(8-6-17)31-27(35)18-3-4-18/h5-15,18H,3-4H2,1-2H3,(H,31,35). The maximum atomic E-state index is 14.0. The Labute approximate surface area is 206 Å². The van der Waals surface area contributed by atoms with E-state index in [1.807, 2.05) is 54.0 Å². The number of carbonyl (C=O) groups is 1. The topological polar surface area (TPSA) is 86.3 Å². The average molecular weight is 483 g/mol. The molecule has 1 aliphatic carbocycles. The van der Waals surface area contributed by atoms with Gasteiger partial charge in [0.25, 0.3) is 0 Å². The number of amides is 1. The summed E-state index contributed by atoms with van der Waals surface area (Å²) in [5, 5.41) is 11.4. The van der Waals surface area contributed by atoms with E-state index >= 15 is 0 Å². The summed E-state index contributed by atoms with van der Waals surface area (Å²) in [5.41, 5.74) is 5.96. The largest absolute Gasteiger partial charge is 0.494 e. The Kier molecular flexibility index (Phi) is 5.25. The van der Waals surface area contributed by atoms with Crippen molar-refractivity contribution in [1.82, 2.24) is 24.1 Å². The molecule has 36 heavy (non-hydrogen) atoms. The number of rotatable bonds is 6. The van der Waals surface area contributed by atoms with Crippen molar-refractivity contribution in [1.29, 1.82) is 0 Å². The zero-order valence-corrected chi connectivity index (χ0v) is 19.8. The second-order valence-corrected chi connectivity index (χ2v) is 8.93. The average Bonchev–Trinajstić information content (AvgIpc) is 3.47. The highest BCUT2D eigenvalue weighted by atomic mass is 19.1. The molecule has 180 valence electrons. The molecule has 8 nitrogen and oxygen atoms in total. The van der Waals surface area contributed by atoms with Crippen molar-refractivity contribution in [2.45, 2.75) is 19.8 Å². The second-order valence-electron chi connectivity index (χ2n) is 8.93. The first-order chi connectivity index (χ1) is 17.5. The van der Waals surface area contributed by atoms with E-state index in [2.05, 4.69) is 20.5 Å². The minimum absolute atomic E-state index is 0.0840. The lowest BCUT2D eigenvalue weighted by Crippen LogP contribution is -2.12. The van der Waals surface area contributed by atoms with Crippen LogP contribution in [-0.4, -0.2) is 37.2 Å². The smallest absolute Gasteiger partial charge is 0.227 e. The molecule has 6 rings (SSSR count). The molecule has 3 aromatic heterocycles. The number of aryl methyl sites for hydroxylation is 1. The van der Waals surface area contributed by atoms with Crippen molar-refractivity contribution < 1.29 is 13.9 Å². The van der Waals surface area contributed by atoms with Crippen molar-refractivity contribution in [2.75, 3.05) is 12.4 Å². The molecule has 0 aliphatic heterocycles. The van der Waals surface area contributed by atoms with E-state index in [0.717, 1.165) is 46.6 Å². The van der Waals surface area contributed by atoms with Crippen LogP contribution in [0.5, 0.6) is 5.75 Å². The number of ether oxygens (including phenoxy) is 1. The van der Waals surface area contributed by atoms with E-state index in [1.165, 1.54) is 13.2 Å². The number of hydrogen-bond acceptors (Lipinski definition) is 5. The molecule has 0 unspecified atom stereocenters. The highest BCUT2D eigenvalue weighted by Crippen LogP contribution is 2.32. The van der Waals surface area contributed by atoms with Gasteiger partial charge in [0, 0.05) is 35.0 Å². The Morgan fingerprint density at radius 3 is 2.67 bits per heavy atom. The van der Waals surface area contributed by atoms with E-state index in [4.69, 9.17) is 4.74 Å². The quantitative estimate of drug-likeness (QED) is 0.366. The van der Waals surface area contributed by atoms with Crippen LogP contribution in [0.1, 0.15) is 18.4 Å². The van der Waals surface area contributed by atoms with Gasteiger partial charge in [0.05, 0.1) is 24.7 Å². The summed E-state index contributed by atoms with van der Waals surface area (Å²) in [4.78, 5) is 16.7. The maximum absolute atomic E-state index is 14.0. The van der Waals surface area contributed by atoms with Crippen LogP contribution >= 0.6 is 0 Å². The first-order valence-corrected chi connectivity index (χ1v) is 11.6. The number of fused-ring (bicyclic) bond motifs is 1. The third-order valence-corrected chi connectivity index (χ3v) is 6.40. The molecule has 1 aliphatic rings. The van der Waals surface area contributed by atoms with Crippen molar-refractivity contribution >= 4 is 17.2 Å².